The summed E-state index contributed by atoms with van der Waals surface area (Å²) in [6, 6.07) is 9.75. The van der Waals surface area contributed by atoms with E-state index >= 15 is 0 Å². The van der Waals surface area contributed by atoms with Crippen molar-refractivity contribution in [3.63, 3.8) is 0 Å². The Labute approximate surface area is 112 Å². The predicted molar refractivity (Wildman–Crippen MR) is 68.0 cm³/mol. The fraction of sp³-hybridized carbons (Fsp3) is 0.571. The molecule has 1 aromatic carbocycles. The van der Waals surface area contributed by atoms with Crippen molar-refractivity contribution in [3.05, 3.63) is 35.9 Å². The zero-order valence-electron chi connectivity index (χ0n) is 11.0. The van der Waals surface area contributed by atoms with E-state index in [9.17, 15) is 5.11 Å². The Bertz CT molecular complexity index is 423. The molecule has 2 saturated heterocycles. The Morgan fingerprint density at radius 1 is 1.42 bits per heavy atom. The predicted octanol–water partition coefficient (Wildman–Crippen LogP) is 0.926. The third kappa shape index (κ3) is 2.28. The maximum absolute atomic E-state index is 10.1. The number of ether oxygens (including phenoxy) is 2. The van der Waals surface area contributed by atoms with E-state index in [0.29, 0.717) is 19.6 Å². The van der Waals surface area contributed by atoms with Crippen LogP contribution in [0.5, 0.6) is 0 Å². The van der Waals surface area contributed by atoms with Crippen molar-refractivity contribution in [1.82, 2.24) is 5.06 Å². The van der Waals surface area contributed by atoms with Gasteiger partial charge in [-0.15, -0.1) is 0 Å². The highest BCUT2D eigenvalue weighted by atomic mass is 16.7. The van der Waals surface area contributed by atoms with Crippen molar-refractivity contribution >= 4 is 0 Å². The first-order chi connectivity index (χ1) is 9.25. The van der Waals surface area contributed by atoms with E-state index in [-0.39, 0.29) is 12.6 Å². The molecule has 2 aliphatic rings. The minimum absolute atomic E-state index is 0.285. The van der Waals surface area contributed by atoms with E-state index in [1.54, 1.807) is 12.2 Å². The monoisotopic (exact) mass is 265 g/mol. The normalized spacial score (nSPS) is 35.3. The van der Waals surface area contributed by atoms with Gasteiger partial charge >= 0.3 is 0 Å². The number of rotatable bonds is 3. The number of aliphatic hydroxyl groups excluding tert-OH is 1. The first-order valence-electron chi connectivity index (χ1n) is 6.56. The first kappa shape index (κ1) is 13.0. The number of aliphatic hydroxyl groups is 1. The molecular weight excluding hydrogens is 246 g/mol. The van der Waals surface area contributed by atoms with E-state index in [1.807, 2.05) is 30.3 Å². The summed E-state index contributed by atoms with van der Waals surface area (Å²) in [5, 5.41) is 11.9. The fourth-order valence-electron chi connectivity index (χ4n) is 2.90. The Morgan fingerprint density at radius 3 is 2.95 bits per heavy atom. The van der Waals surface area contributed by atoms with Crippen molar-refractivity contribution < 1.29 is 19.4 Å². The SMILES string of the molecule is CO[C@@]12CCON(Cc3ccccc3)[C@@H]1[C@H](O)CO2. The molecule has 0 spiro atoms. The van der Waals surface area contributed by atoms with Gasteiger partial charge < -0.3 is 14.6 Å². The van der Waals surface area contributed by atoms with Gasteiger partial charge in [0.25, 0.3) is 0 Å². The van der Waals surface area contributed by atoms with Gasteiger partial charge in [0.05, 0.1) is 13.2 Å². The number of nitrogens with zero attached hydrogens (tertiary/aromatic N) is 1. The number of fused-ring (bicyclic) bond motifs is 1. The highest BCUT2D eigenvalue weighted by Crippen LogP contribution is 2.38. The molecule has 0 bridgehead atoms. The molecule has 0 saturated carbocycles. The lowest BCUT2D eigenvalue weighted by molar-refractivity contribution is -0.330. The van der Waals surface area contributed by atoms with Crippen molar-refractivity contribution in [3.8, 4) is 0 Å². The van der Waals surface area contributed by atoms with Gasteiger partial charge in [-0.1, -0.05) is 30.3 Å². The molecule has 0 aliphatic carbocycles. The lowest BCUT2D eigenvalue weighted by atomic mass is 9.99. The second-order valence-corrected chi connectivity index (χ2v) is 4.98. The smallest absolute Gasteiger partial charge is 0.190 e. The van der Waals surface area contributed by atoms with Gasteiger partial charge in [0.2, 0.25) is 0 Å². The van der Waals surface area contributed by atoms with Crippen LogP contribution in [-0.4, -0.2) is 48.4 Å². The molecule has 2 heterocycles. The zero-order valence-corrected chi connectivity index (χ0v) is 11.0. The van der Waals surface area contributed by atoms with Crippen LogP contribution in [0.25, 0.3) is 0 Å². The first-order valence-corrected chi connectivity index (χ1v) is 6.56. The number of hydroxylamine groups is 2. The molecule has 0 unspecified atom stereocenters. The van der Waals surface area contributed by atoms with Gasteiger partial charge in [0, 0.05) is 20.1 Å². The molecule has 3 atom stereocenters. The lowest BCUT2D eigenvalue weighted by Gasteiger charge is -2.43. The average molecular weight is 265 g/mol. The Hall–Kier alpha value is -0.980. The van der Waals surface area contributed by atoms with Crippen molar-refractivity contribution in [1.29, 1.82) is 0 Å². The third-order valence-electron chi connectivity index (χ3n) is 3.86. The van der Waals surface area contributed by atoms with Gasteiger partial charge in [-0.2, -0.15) is 5.06 Å². The van der Waals surface area contributed by atoms with Crippen molar-refractivity contribution in [2.24, 2.45) is 0 Å². The molecule has 0 aromatic heterocycles. The molecule has 0 amide bonds. The van der Waals surface area contributed by atoms with Gasteiger partial charge in [0.15, 0.2) is 5.79 Å². The van der Waals surface area contributed by atoms with E-state index in [0.717, 1.165) is 5.56 Å². The summed E-state index contributed by atoms with van der Waals surface area (Å²) in [6.45, 7) is 1.42. The fourth-order valence-corrected chi connectivity index (χ4v) is 2.90. The van der Waals surface area contributed by atoms with Crippen LogP contribution in [0.3, 0.4) is 0 Å². The molecule has 2 fully saturated rings. The van der Waals surface area contributed by atoms with Crippen LogP contribution in [0.15, 0.2) is 30.3 Å². The number of methoxy groups -OCH3 is 1. The molecule has 5 heteroatoms. The summed E-state index contributed by atoms with van der Waals surface area (Å²) in [6.07, 6.45) is 0.0419. The summed E-state index contributed by atoms with van der Waals surface area (Å²) < 4.78 is 11.2. The zero-order chi connectivity index (χ0) is 13.3. The highest BCUT2D eigenvalue weighted by Gasteiger charge is 2.55. The average Bonchev–Trinajstić information content (AvgIpc) is 2.79. The standard InChI is InChI=1S/C14H19NO4/c1-17-14-7-8-19-15(13(14)12(16)10-18-14)9-11-5-3-2-4-6-11/h2-6,12-13,16H,7-10H2,1H3/t12-,13-,14-/m1/s1. The van der Waals surface area contributed by atoms with Crippen LogP contribution >= 0.6 is 0 Å². The number of benzene rings is 1. The highest BCUT2D eigenvalue weighted by molar-refractivity contribution is 5.15. The second-order valence-electron chi connectivity index (χ2n) is 4.98. The van der Waals surface area contributed by atoms with Gasteiger partial charge in [-0.3, -0.25) is 4.84 Å². The number of hydrogen-bond donors (Lipinski definition) is 1. The molecule has 19 heavy (non-hydrogen) atoms. The second kappa shape index (κ2) is 5.19. The van der Waals surface area contributed by atoms with E-state index in [4.69, 9.17) is 14.3 Å². The molecule has 104 valence electrons. The van der Waals surface area contributed by atoms with Crippen LogP contribution < -0.4 is 0 Å². The summed E-state index contributed by atoms with van der Waals surface area (Å²) >= 11 is 0. The Kier molecular flexibility index (Phi) is 3.56. The number of hydrogen-bond acceptors (Lipinski definition) is 5. The topological polar surface area (TPSA) is 51.2 Å². The summed E-state index contributed by atoms with van der Waals surface area (Å²) in [5.41, 5.74) is 1.13. The van der Waals surface area contributed by atoms with Gasteiger partial charge in [-0.05, 0) is 5.56 Å². The Balaban J connectivity index is 1.81. The molecule has 1 N–H and O–H groups in total. The van der Waals surface area contributed by atoms with Crippen molar-refractivity contribution in [2.75, 3.05) is 20.3 Å². The van der Waals surface area contributed by atoms with Crippen molar-refractivity contribution in [2.45, 2.75) is 30.9 Å². The molecule has 3 rings (SSSR count). The van der Waals surface area contributed by atoms with E-state index < -0.39 is 11.9 Å². The molecule has 5 nitrogen and oxygen atoms in total. The Morgan fingerprint density at radius 2 is 2.21 bits per heavy atom. The quantitative estimate of drug-likeness (QED) is 0.881. The summed E-state index contributed by atoms with van der Waals surface area (Å²) in [5.74, 6) is -0.744. The van der Waals surface area contributed by atoms with Crippen LogP contribution in [-0.2, 0) is 20.9 Å². The minimum Gasteiger partial charge on any atom is -0.389 e. The lowest BCUT2D eigenvalue weighted by Crippen LogP contribution is -2.59. The van der Waals surface area contributed by atoms with Crippen LogP contribution in [0.2, 0.25) is 0 Å². The summed E-state index contributed by atoms with van der Waals surface area (Å²) in [4.78, 5) is 5.71. The van der Waals surface area contributed by atoms with Gasteiger partial charge in [-0.25, -0.2) is 0 Å². The van der Waals surface area contributed by atoms with E-state index in [2.05, 4.69) is 0 Å². The molecule has 0 radical (unpaired) electrons. The largest absolute Gasteiger partial charge is 0.389 e. The molecular formula is C14H19NO4. The summed E-state index contributed by atoms with van der Waals surface area (Å²) in [7, 11) is 1.62. The molecule has 1 aromatic rings. The van der Waals surface area contributed by atoms with E-state index in [1.165, 1.54) is 0 Å². The van der Waals surface area contributed by atoms with Gasteiger partial charge in [0.1, 0.15) is 12.1 Å². The van der Waals surface area contributed by atoms with Crippen LogP contribution in [0.4, 0.5) is 0 Å². The van der Waals surface area contributed by atoms with Crippen LogP contribution in [0.1, 0.15) is 12.0 Å². The third-order valence-corrected chi connectivity index (χ3v) is 3.86. The molecule has 2 aliphatic heterocycles. The van der Waals surface area contributed by atoms with Crippen LogP contribution in [0, 0.1) is 0 Å². The maximum atomic E-state index is 10.1. The maximum Gasteiger partial charge on any atom is 0.190 e. The minimum atomic E-state index is -0.744.